The van der Waals surface area contributed by atoms with E-state index >= 15 is 0 Å². The number of aromatic nitrogens is 1. The monoisotopic (exact) mass is 400 g/mol. The fraction of sp³-hybridized carbons (Fsp3) is 0.154. The van der Waals surface area contributed by atoms with Crippen LogP contribution in [0.3, 0.4) is 0 Å². The van der Waals surface area contributed by atoms with Crippen LogP contribution in [0.2, 0.25) is 0 Å². The highest BCUT2D eigenvalue weighted by atomic mass is 19.1. The predicted octanol–water partition coefficient (Wildman–Crippen LogP) is 6.47. The molecule has 3 nitrogen and oxygen atoms in total. The standard InChI is InChI=1S/C26H25FN2O/c1-5-9-22(23-13-7-10-17(3)26(23)27)24-15-20(16-28-18(24)4)19-11-8-12-21(14-19)29-25(30)6-2/h6-16H,2,5H2,1,3-4H3,(H,29,30)/b22-9-. The largest absolute Gasteiger partial charge is 0.323 e. The molecule has 30 heavy (non-hydrogen) atoms. The zero-order chi connectivity index (χ0) is 21.7. The van der Waals surface area contributed by atoms with Gasteiger partial charge in [0, 0.05) is 34.3 Å². The second-order valence-electron chi connectivity index (χ2n) is 7.09. The first-order chi connectivity index (χ1) is 14.4. The number of anilines is 1. The molecule has 0 aliphatic rings. The van der Waals surface area contributed by atoms with Crippen molar-refractivity contribution in [2.24, 2.45) is 0 Å². The summed E-state index contributed by atoms with van der Waals surface area (Å²) in [5.74, 6) is -0.478. The van der Waals surface area contributed by atoms with Crippen LogP contribution in [-0.2, 0) is 4.79 Å². The van der Waals surface area contributed by atoms with E-state index < -0.39 is 0 Å². The van der Waals surface area contributed by atoms with E-state index in [1.807, 2.05) is 56.3 Å². The normalized spacial score (nSPS) is 11.3. The van der Waals surface area contributed by atoms with E-state index in [0.717, 1.165) is 34.4 Å². The minimum atomic E-state index is -0.266. The Bertz CT molecular complexity index is 1130. The van der Waals surface area contributed by atoms with Gasteiger partial charge < -0.3 is 5.32 Å². The zero-order valence-corrected chi connectivity index (χ0v) is 17.5. The van der Waals surface area contributed by atoms with Gasteiger partial charge in [0.25, 0.3) is 0 Å². The van der Waals surface area contributed by atoms with Gasteiger partial charge in [-0.05, 0) is 61.2 Å². The maximum Gasteiger partial charge on any atom is 0.247 e. The number of carbonyl (C=O) groups is 1. The topological polar surface area (TPSA) is 42.0 Å². The van der Waals surface area contributed by atoms with Crippen LogP contribution < -0.4 is 5.32 Å². The summed E-state index contributed by atoms with van der Waals surface area (Å²) in [6.07, 6.45) is 5.84. The fourth-order valence-corrected chi connectivity index (χ4v) is 3.36. The summed E-state index contributed by atoms with van der Waals surface area (Å²) in [5, 5.41) is 2.77. The molecule has 3 aromatic rings. The van der Waals surface area contributed by atoms with Crippen LogP contribution in [0.25, 0.3) is 16.7 Å². The Morgan fingerprint density at radius 2 is 1.87 bits per heavy atom. The number of nitrogens with zero attached hydrogens (tertiary/aromatic N) is 1. The number of amides is 1. The summed E-state index contributed by atoms with van der Waals surface area (Å²) in [4.78, 5) is 16.2. The van der Waals surface area contributed by atoms with E-state index in [1.165, 1.54) is 6.08 Å². The van der Waals surface area contributed by atoms with Crippen LogP contribution in [0.5, 0.6) is 0 Å². The first-order valence-corrected chi connectivity index (χ1v) is 9.91. The van der Waals surface area contributed by atoms with Crippen molar-refractivity contribution in [2.45, 2.75) is 27.2 Å². The number of allylic oxidation sites excluding steroid dienone is 1. The maximum atomic E-state index is 14.9. The SMILES string of the molecule is C=CC(=O)Nc1cccc(-c2cnc(C)c(/C(=C\CC)c3cccc(C)c3F)c2)c1. The van der Waals surface area contributed by atoms with Crippen molar-refractivity contribution in [3.63, 3.8) is 0 Å². The van der Waals surface area contributed by atoms with Gasteiger partial charge in [0.15, 0.2) is 0 Å². The molecule has 0 saturated carbocycles. The third kappa shape index (κ3) is 4.54. The summed E-state index contributed by atoms with van der Waals surface area (Å²) >= 11 is 0. The summed E-state index contributed by atoms with van der Waals surface area (Å²) in [7, 11) is 0. The second kappa shape index (κ2) is 9.31. The number of aryl methyl sites for hydroxylation is 2. The van der Waals surface area contributed by atoms with Gasteiger partial charge in [0.2, 0.25) is 5.91 Å². The quantitative estimate of drug-likeness (QED) is 0.482. The zero-order valence-electron chi connectivity index (χ0n) is 17.5. The fourth-order valence-electron chi connectivity index (χ4n) is 3.36. The molecule has 1 N–H and O–H groups in total. The third-order valence-corrected chi connectivity index (χ3v) is 4.92. The Kier molecular flexibility index (Phi) is 6.58. The Labute approximate surface area is 177 Å². The van der Waals surface area contributed by atoms with Crippen LogP contribution in [0.15, 0.2) is 73.5 Å². The molecule has 4 heteroatoms. The molecule has 0 radical (unpaired) electrons. The number of hydrogen-bond acceptors (Lipinski definition) is 2. The lowest BCUT2D eigenvalue weighted by Crippen LogP contribution is -2.07. The van der Waals surface area contributed by atoms with Crippen LogP contribution >= 0.6 is 0 Å². The maximum absolute atomic E-state index is 14.9. The molecule has 1 aromatic heterocycles. The van der Waals surface area contributed by atoms with Crippen molar-refractivity contribution in [3.05, 3.63) is 102 Å². The molecule has 1 amide bonds. The number of halogens is 1. The van der Waals surface area contributed by atoms with Crippen molar-refractivity contribution in [1.82, 2.24) is 4.98 Å². The van der Waals surface area contributed by atoms with E-state index in [2.05, 4.69) is 16.9 Å². The molecule has 0 spiro atoms. The third-order valence-electron chi connectivity index (χ3n) is 4.92. The molecule has 0 bridgehead atoms. The molecular formula is C26H25FN2O. The number of rotatable bonds is 6. The highest BCUT2D eigenvalue weighted by Crippen LogP contribution is 2.32. The van der Waals surface area contributed by atoms with Crippen molar-refractivity contribution < 1.29 is 9.18 Å². The molecule has 0 aliphatic carbocycles. The van der Waals surface area contributed by atoms with Gasteiger partial charge in [-0.25, -0.2) is 4.39 Å². The van der Waals surface area contributed by atoms with E-state index in [1.54, 1.807) is 25.3 Å². The van der Waals surface area contributed by atoms with E-state index in [9.17, 15) is 9.18 Å². The number of carbonyl (C=O) groups excluding carboxylic acids is 1. The summed E-state index contributed by atoms with van der Waals surface area (Å²) in [5.41, 5.74) is 6.21. The Balaban J connectivity index is 2.10. The van der Waals surface area contributed by atoms with Crippen LogP contribution in [-0.4, -0.2) is 10.9 Å². The van der Waals surface area contributed by atoms with Crippen molar-refractivity contribution in [3.8, 4) is 11.1 Å². The van der Waals surface area contributed by atoms with Crippen molar-refractivity contribution in [2.75, 3.05) is 5.32 Å². The average Bonchev–Trinajstić information content (AvgIpc) is 2.75. The van der Waals surface area contributed by atoms with Gasteiger partial charge >= 0.3 is 0 Å². The lowest BCUT2D eigenvalue weighted by Gasteiger charge is -2.15. The minimum Gasteiger partial charge on any atom is -0.323 e. The Morgan fingerprint density at radius 3 is 2.60 bits per heavy atom. The van der Waals surface area contributed by atoms with E-state index in [-0.39, 0.29) is 11.7 Å². The molecule has 0 unspecified atom stereocenters. The Morgan fingerprint density at radius 1 is 1.10 bits per heavy atom. The summed E-state index contributed by atoms with van der Waals surface area (Å²) in [6.45, 7) is 9.21. The van der Waals surface area contributed by atoms with Gasteiger partial charge in [0.05, 0.1) is 0 Å². The molecule has 152 valence electrons. The predicted molar refractivity (Wildman–Crippen MR) is 122 cm³/mol. The van der Waals surface area contributed by atoms with Gasteiger partial charge in [-0.3, -0.25) is 9.78 Å². The lowest BCUT2D eigenvalue weighted by atomic mass is 9.92. The number of pyridine rings is 1. The number of hydrogen-bond donors (Lipinski definition) is 1. The Hall–Kier alpha value is -3.53. The highest BCUT2D eigenvalue weighted by Gasteiger charge is 2.15. The molecular weight excluding hydrogens is 375 g/mol. The molecule has 1 heterocycles. The number of nitrogens with one attached hydrogen (secondary N) is 1. The first-order valence-electron chi connectivity index (χ1n) is 9.91. The smallest absolute Gasteiger partial charge is 0.247 e. The van der Waals surface area contributed by atoms with Crippen LogP contribution in [0.4, 0.5) is 10.1 Å². The first kappa shape index (κ1) is 21.2. The average molecular weight is 400 g/mol. The van der Waals surface area contributed by atoms with Gasteiger partial charge in [0.1, 0.15) is 5.82 Å². The molecule has 0 atom stereocenters. The van der Waals surface area contributed by atoms with E-state index in [4.69, 9.17) is 0 Å². The number of benzene rings is 2. The van der Waals surface area contributed by atoms with Crippen molar-refractivity contribution >= 4 is 17.2 Å². The summed E-state index contributed by atoms with van der Waals surface area (Å²) < 4.78 is 14.9. The molecule has 2 aromatic carbocycles. The van der Waals surface area contributed by atoms with Gasteiger partial charge in [-0.2, -0.15) is 0 Å². The lowest BCUT2D eigenvalue weighted by molar-refractivity contribution is -0.111. The molecule has 0 saturated heterocycles. The second-order valence-corrected chi connectivity index (χ2v) is 7.09. The van der Waals surface area contributed by atoms with Crippen LogP contribution in [0, 0.1) is 19.7 Å². The van der Waals surface area contributed by atoms with Crippen LogP contribution in [0.1, 0.15) is 35.7 Å². The molecule has 0 aliphatic heterocycles. The van der Waals surface area contributed by atoms with Gasteiger partial charge in [-0.1, -0.05) is 49.9 Å². The minimum absolute atomic E-state index is 0.212. The van der Waals surface area contributed by atoms with Gasteiger partial charge in [-0.15, -0.1) is 0 Å². The highest BCUT2D eigenvalue weighted by molar-refractivity contribution is 5.99. The molecule has 0 fully saturated rings. The van der Waals surface area contributed by atoms with E-state index in [0.29, 0.717) is 16.8 Å². The van der Waals surface area contributed by atoms with Crippen molar-refractivity contribution in [1.29, 1.82) is 0 Å². The molecule has 3 rings (SSSR count). The summed E-state index contributed by atoms with van der Waals surface area (Å²) in [6, 6.07) is 15.0.